The molecule has 1 aromatic carbocycles. The lowest BCUT2D eigenvalue weighted by Gasteiger charge is -2.24. The number of nitrogens with one attached hydrogen (secondary N) is 1. The maximum atomic E-state index is 13.6. The van der Waals surface area contributed by atoms with Gasteiger partial charge in [0.15, 0.2) is 11.6 Å². The fourth-order valence-corrected chi connectivity index (χ4v) is 2.26. The fourth-order valence-electron chi connectivity index (χ4n) is 2.26. The van der Waals surface area contributed by atoms with E-state index < -0.39 is 34.5 Å². The van der Waals surface area contributed by atoms with Crippen LogP contribution >= 0.6 is 0 Å². The lowest BCUT2D eigenvalue weighted by atomic mass is 9.79. The molecule has 21 heavy (non-hydrogen) atoms. The molecule has 6 heteroatoms. The number of amides is 1. The van der Waals surface area contributed by atoms with E-state index in [1.807, 2.05) is 19.9 Å². The Morgan fingerprint density at radius 3 is 2.05 bits per heavy atom. The number of hydrogen-bond acceptors (Lipinski definition) is 2. The average molecular weight is 298 g/mol. The number of hydrogen-bond donors (Lipinski definition) is 1. The van der Waals surface area contributed by atoms with E-state index in [1.54, 1.807) is 0 Å². The van der Waals surface area contributed by atoms with Crippen molar-refractivity contribution in [1.29, 1.82) is 5.26 Å². The van der Waals surface area contributed by atoms with E-state index in [4.69, 9.17) is 0 Å². The number of nitriles is 1. The Labute approximate surface area is 121 Å². The second-order valence-electron chi connectivity index (χ2n) is 4.89. The predicted octanol–water partition coefficient (Wildman–Crippen LogP) is 4.15. The summed E-state index contributed by atoms with van der Waals surface area (Å²) in [6.07, 6.45) is 1.73. The summed E-state index contributed by atoms with van der Waals surface area (Å²) in [6, 6.07) is 2.91. The van der Waals surface area contributed by atoms with Crippen LogP contribution in [0.1, 0.15) is 39.5 Å². The molecule has 0 aliphatic carbocycles. The zero-order valence-electron chi connectivity index (χ0n) is 12.0. The molecule has 0 fully saturated rings. The van der Waals surface area contributed by atoms with Crippen LogP contribution in [0.2, 0.25) is 0 Å². The Kier molecular flexibility index (Phi) is 5.77. The highest BCUT2D eigenvalue weighted by Crippen LogP contribution is 2.32. The zero-order chi connectivity index (χ0) is 16.0. The maximum Gasteiger partial charge on any atom is 0.245 e. The molecule has 1 amide bonds. The van der Waals surface area contributed by atoms with Gasteiger partial charge in [-0.05, 0) is 12.8 Å². The molecule has 0 aliphatic heterocycles. The third-order valence-electron chi connectivity index (χ3n) is 3.25. The normalized spacial score (nSPS) is 11.0. The fraction of sp³-hybridized carbons (Fsp3) is 0.467. The third kappa shape index (κ3) is 3.75. The van der Waals surface area contributed by atoms with E-state index in [2.05, 4.69) is 5.32 Å². The number of carbonyl (C=O) groups is 1. The molecule has 0 saturated heterocycles. The van der Waals surface area contributed by atoms with Crippen molar-refractivity contribution < 1.29 is 18.0 Å². The topological polar surface area (TPSA) is 52.9 Å². The Morgan fingerprint density at radius 2 is 1.67 bits per heavy atom. The van der Waals surface area contributed by atoms with Crippen LogP contribution in [0.5, 0.6) is 0 Å². The van der Waals surface area contributed by atoms with Gasteiger partial charge in [0.25, 0.3) is 0 Å². The van der Waals surface area contributed by atoms with Crippen molar-refractivity contribution in [2.45, 2.75) is 39.5 Å². The SMILES string of the molecule is CCCC(C#N)(CCC)C(=O)Nc1c(F)cc(F)cc1F. The molecule has 0 bridgehead atoms. The number of benzene rings is 1. The molecule has 1 aromatic rings. The van der Waals surface area contributed by atoms with E-state index >= 15 is 0 Å². The van der Waals surface area contributed by atoms with Gasteiger partial charge in [-0.15, -0.1) is 0 Å². The van der Waals surface area contributed by atoms with Crippen molar-refractivity contribution in [1.82, 2.24) is 0 Å². The first-order chi connectivity index (χ1) is 9.90. The Hall–Kier alpha value is -2.03. The lowest BCUT2D eigenvalue weighted by molar-refractivity contribution is -0.123. The highest BCUT2D eigenvalue weighted by Gasteiger charge is 2.37. The summed E-state index contributed by atoms with van der Waals surface area (Å²) >= 11 is 0. The molecule has 0 saturated carbocycles. The van der Waals surface area contributed by atoms with Crippen molar-refractivity contribution in [3.8, 4) is 6.07 Å². The van der Waals surface area contributed by atoms with Crippen LogP contribution in [-0.2, 0) is 4.79 Å². The van der Waals surface area contributed by atoms with Gasteiger partial charge in [-0.1, -0.05) is 26.7 Å². The van der Waals surface area contributed by atoms with Crippen LogP contribution in [-0.4, -0.2) is 5.91 Å². The number of halogens is 3. The average Bonchev–Trinajstić information content (AvgIpc) is 2.42. The predicted molar refractivity (Wildman–Crippen MR) is 72.8 cm³/mol. The standard InChI is InChI=1S/C15H17F3N2O/c1-3-5-15(9-19,6-4-2)14(21)20-13-11(17)7-10(16)8-12(13)18/h7-8H,3-6H2,1-2H3,(H,20,21). The molecule has 0 radical (unpaired) electrons. The van der Waals surface area contributed by atoms with Crippen LogP contribution in [0.3, 0.4) is 0 Å². The molecule has 1 N–H and O–H groups in total. The number of nitrogens with zero attached hydrogens (tertiary/aromatic N) is 1. The molecule has 0 aromatic heterocycles. The first-order valence-corrected chi connectivity index (χ1v) is 6.77. The highest BCUT2D eigenvalue weighted by molar-refractivity contribution is 5.97. The minimum Gasteiger partial charge on any atom is -0.320 e. The van der Waals surface area contributed by atoms with Crippen molar-refractivity contribution in [2.24, 2.45) is 5.41 Å². The van der Waals surface area contributed by atoms with Gasteiger partial charge in [-0.3, -0.25) is 4.79 Å². The van der Waals surface area contributed by atoms with Crippen LogP contribution in [0, 0.1) is 34.2 Å². The quantitative estimate of drug-likeness (QED) is 0.857. The van der Waals surface area contributed by atoms with Crippen molar-refractivity contribution in [3.05, 3.63) is 29.6 Å². The minimum atomic E-state index is -1.34. The van der Waals surface area contributed by atoms with Crippen LogP contribution in [0.4, 0.5) is 18.9 Å². The summed E-state index contributed by atoms with van der Waals surface area (Å²) in [5, 5.41) is 11.4. The van der Waals surface area contributed by atoms with Gasteiger partial charge in [0.2, 0.25) is 5.91 Å². The molecule has 0 spiro atoms. The summed E-state index contributed by atoms with van der Waals surface area (Å²) in [4.78, 5) is 12.3. The second kappa shape index (κ2) is 7.11. The van der Waals surface area contributed by atoms with Crippen LogP contribution in [0.15, 0.2) is 12.1 Å². The summed E-state index contributed by atoms with van der Waals surface area (Å²) in [7, 11) is 0. The van der Waals surface area contributed by atoms with Gasteiger partial charge in [0, 0.05) is 12.1 Å². The maximum absolute atomic E-state index is 13.6. The number of carbonyl (C=O) groups excluding carboxylic acids is 1. The minimum absolute atomic E-state index is 0.285. The molecule has 114 valence electrons. The third-order valence-corrected chi connectivity index (χ3v) is 3.25. The van der Waals surface area contributed by atoms with Crippen molar-refractivity contribution >= 4 is 11.6 Å². The summed E-state index contributed by atoms with van der Waals surface area (Å²) in [5.74, 6) is -4.25. The Balaban J connectivity index is 3.11. The van der Waals surface area contributed by atoms with Crippen LogP contribution in [0.25, 0.3) is 0 Å². The van der Waals surface area contributed by atoms with E-state index in [-0.39, 0.29) is 12.8 Å². The summed E-state index contributed by atoms with van der Waals surface area (Å²) in [5.41, 5.74) is -2.07. The van der Waals surface area contributed by atoms with Crippen molar-refractivity contribution in [2.75, 3.05) is 5.32 Å². The van der Waals surface area contributed by atoms with Gasteiger partial charge < -0.3 is 5.32 Å². The first-order valence-electron chi connectivity index (χ1n) is 6.77. The molecular formula is C15H17F3N2O. The van der Waals surface area contributed by atoms with Crippen molar-refractivity contribution in [3.63, 3.8) is 0 Å². The van der Waals surface area contributed by atoms with E-state index in [1.165, 1.54) is 0 Å². The Bertz CT molecular complexity index is 538. The zero-order valence-corrected chi connectivity index (χ0v) is 12.0. The lowest BCUT2D eigenvalue weighted by Crippen LogP contribution is -2.35. The van der Waals surface area contributed by atoms with Gasteiger partial charge >= 0.3 is 0 Å². The molecule has 3 nitrogen and oxygen atoms in total. The molecular weight excluding hydrogens is 281 g/mol. The first kappa shape index (κ1) is 17.0. The highest BCUT2D eigenvalue weighted by atomic mass is 19.1. The second-order valence-corrected chi connectivity index (χ2v) is 4.89. The van der Waals surface area contributed by atoms with Gasteiger partial charge in [-0.2, -0.15) is 5.26 Å². The number of rotatable bonds is 6. The largest absolute Gasteiger partial charge is 0.320 e. The summed E-state index contributed by atoms with van der Waals surface area (Å²) in [6.45, 7) is 3.63. The molecule has 1 rings (SSSR count). The molecule has 0 atom stereocenters. The summed E-state index contributed by atoms with van der Waals surface area (Å²) < 4.78 is 40.0. The van der Waals surface area contributed by atoms with Gasteiger partial charge in [0.1, 0.15) is 16.9 Å². The van der Waals surface area contributed by atoms with Gasteiger partial charge in [-0.25, -0.2) is 13.2 Å². The number of anilines is 1. The van der Waals surface area contributed by atoms with Crippen LogP contribution < -0.4 is 5.32 Å². The smallest absolute Gasteiger partial charge is 0.245 e. The van der Waals surface area contributed by atoms with E-state index in [0.717, 1.165) is 0 Å². The Morgan fingerprint density at radius 1 is 1.19 bits per heavy atom. The van der Waals surface area contributed by atoms with E-state index in [9.17, 15) is 23.2 Å². The molecule has 0 heterocycles. The monoisotopic (exact) mass is 298 g/mol. The molecule has 0 unspecified atom stereocenters. The molecule has 0 aliphatic rings. The van der Waals surface area contributed by atoms with E-state index in [0.29, 0.717) is 25.0 Å². The van der Waals surface area contributed by atoms with Gasteiger partial charge in [0.05, 0.1) is 6.07 Å².